The number of hydrogen-bond acceptors (Lipinski definition) is 6. The number of anilines is 1. The maximum atomic E-state index is 12.8. The van der Waals surface area contributed by atoms with Gasteiger partial charge in [-0.3, -0.25) is 19.9 Å². The number of carbonyl (C=O) groups excluding carboxylic acids is 1. The maximum absolute atomic E-state index is 12.8. The number of rotatable bonds is 5. The van der Waals surface area contributed by atoms with Gasteiger partial charge in [0.2, 0.25) is 11.9 Å². The molecule has 0 radical (unpaired) electrons. The maximum Gasteiger partial charge on any atom is 0.276 e. The molecule has 1 N–H and O–H groups in total. The molecule has 1 fully saturated rings. The first-order valence-electron chi connectivity index (χ1n) is 8.73. The average molecular weight is 368 g/mol. The summed E-state index contributed by atoms with van der Waals surface area (Å²) in [6.07, 6.45) is 4.72. The first-order valence-corrected chi connectivity index (χ1v) is 8.73. The molecule has 0 aromatic carbocycles. The first-order chi connectivity index (χ1) is 13.0. The van der Waals surface area contributed by atoms with Gasteiger partial charge in [0.05, 0.1) is 29.0 Å². The number of aromatic nitrogens is 5. The molecule has 138 valence electrons. The van der Waals surface area contributed by atoms with Gasteiger partial charge in [-0.1, -0.05) is 6.92 Å². The summed E-state index contributed by atoms with van der Waals surface area (Å²) < 4.78 is 13.9. The van der Waals surface area contributed by atoms with E-state index in [4.69, 9.17) is 0 Å². The molecule has 0 spiro atoms. The third kappa shape index (κ3) is 3.53. The average Bonchev–Trinajstić information content (AvgIpc) is 3.51. The zero-order valence-corrected chi connectivity index (χ0v) is 14.6. The molecule has 1 saturated carbocycles. The Morgan fingerprint density at radius 1 is 1.30 bits per heavy atom. The molecule has 3 aromatic rings. The van der Waals surface area contributed by atoms with E-state index in [-0.39, 0.29) is 18.1 Å². The van der Waals surface area contributed by atoms with Gasteiger partial charge in [0.15, 0.2) is 5.82 Å². The Morgan fingerprint density at radius 2 is 2.04 bits per heavy atom. The summed E-state index contributed by atoms with van der Waals surface area (Å²) in [5.41, 5.74) is 1.87. The molecule has 1 aliphatic rings. The lowest BCUT2D eigenvalue weighted by Gasteiger charge is -2.10. The van der Waals surface area contributed by atoms with Gasteiger partial charge in [0.25, 0.3) is 5.56 Å². The molecule has 0 saturated heterocycles. The highest BCUT2D eigenvalue weighted by atomic mass is 19.1. The van der Waals surface area contributed by atoms with Crippen LogP contribution in [0.1, 0.15) is 37.1 Å². The fourth-order valence-electron chi connectivity index (χ4n) is 2.87. The third-order valence-corrected chi connectivity index (χ3v) is 4.39. The van der Waals surface area contributed by atoms with Gasteiger partial charge in [0, 0.05) is 11.6 Å². The third-order valence-electron chi connectivity index (χ3n) is 4.39. The lowest BCUT2D eigenvalue weighted by Crippen LogP contribution is -2.31. The molecule has 3 aromatic heterocycles. The fraction of sp³-hybridized carbons (Fsp3) is 0.333. The van der Waals surface area contributed by atoms with Crippen molar-refractivity contribution < 1.29 is 9.18 Å². The van der Waals surface area contributed by atoms with Crippen LogP contribution in [0.4, 0.5) is 10.3 Å². The van der Waals surface area contributed by atoms with E-state index in [0.717, 1.165) is 35.6 Å². The van der Waals surface area contributed by atoms with Crippen molar-refractivity contribution in [3.63, 3.8) is 0 Å². The number of aryl methyl sites for hydroxylation is 1. The standard InChI is InChI=1S/C18H17FN6O2/c1-2-13-16-12(5-6-14(22-16)10-3-4-10)17(27)25(24-13)9-15(26)23-18-20-7-11(19)8-21-18/h5-8,10H,2-4,9H2,1H3,(H,20,21,23,26). The van der Waals surface area contributed by atoms with Gasteiger partial charge >= 0.3 is 0 Å². The van der Waals surface area contributed by atoms with E-state index >= 15 is 0 Å². The van der Waals surface area contributed by atoms with Crippen molar-refractivity contribution in [3.8, 4) is 0 Å². The zero-order valence-electron chi connectivity index (χ0n) is 14.6. The van der Waals surface area contributed by atoms with Crippen molar-refractivity contribution in [1.29, 1.82) is 0 Å². The van der Waals surface area contributed by atoms with Crippen LogP contribution in [-0.2, 0) is 17.8 Å². The largest absolute Gasteiger partial charge is 0.293 e. The zero-order chi connectivity index (χ0) is 19.0. The van der Waals surface area contributed by atoms with Gasteiger partial charge in [0.1, 0.15) is 6.54 Å². The monoisotopic (exact) mass is 368 g/mol. The second-order valence-electron chi connectivity index (χ2n) is 6.44. The van der Waals surface area contributed by atoms with Crippen LogP contribution >= 0.6 is 0 Å². The number of amides is 1. The summed E-state index contributed by atoms with van der Waals surface area (Å²) in [6.45, 7) is 1.63. The van der Waals surface area contributed by atoms with Crippen LogP contribution in [0, 0.1) is 5.82 Å². The molecule has 8 nitrogen and oxygen atoms in total. The highest BCUT2D eigenvalue weighted by Gasteiger charge is 2.26. The topological polar surface area (TPSA) is 103 Å². The predicted octanol–water partition coefficient (Wildman–Crippen LogP) is 1.80. The second-order valence-corrected chi connectivity index (χ2v) is 6.44. The molecular formula is C18H17FN6O2. The minimum Gasteiger partial charge on any atom is -0.293 e. The summed E-state index contributed by atoms with van der Waals surface area (Å²) in [5, 5.41) is 7.18. The van der Waals surface area contributed by atoms with E-state index < -0.39 is 11.7 Å². The Balaban J connectivity index is 1.64. The van der Waals surface area contributed by atoms with Crippen LogP contribution in [-0.4, -0.2) is 30.6 Å². The van der Waals surface area contributed by atoms with Crippen molar-refractivity contribution in [1.82, 2.24) is 24.7 Å². The van der Waals surface area contributed by atoms with Crippen LogP contribution in [0.3, 0.4) is 0 Å². The van der Waals surface area contributed by atoms with Gasteiger partial charge < -0.3 is 0 Å². The molecule has 4 rings (SSSR count). The molecule has 9 heteroatoms. The number of nitrogens with one attached hydrogen (secondary N) is 1. The summed E-state index contributed by atoms with van der Waals surface area (Å²) in [6, 6.07) is 3.63. The van der Waals surface area contributed by atoms with E-state index in [1.54, 1.807) is 6.07 Å². The summed E-state index contributed by atoms with van der Waals surface area (Å²) in [7, 11) is 0. The minimum absolute atomic E-state index is 0.0401. The number of hydrogen-bond donors (Lipinski definition) is 1. The molecule has 3 heterocycles. The van der Waals surface area contributed by atoms with E-state index in [1.165, 1.54) is 0 Å². The molecule has 0 bridgehead atoms. The van der Waals surface area contributed by atoms with E-state index in [2.05, 4.69) is 25.4 Å². The normalized spacial score (nSPS) is 13.7. The molecule has 0 atom stereocenters. The summed E-state index contributed by atoms with van der Waals surface area (Å²) in [4.78, 5) is 36.9. The fourth-order valence-corrected chi connectivity index (χ4v) is 2.87. The van der Waals surface area contributed by atoms with Gasteiger partial charge in [-0.15, -0.1) is 0 Å². The predicted molar refractivity (Wildman–Crippen MR) is 95.8 cm³/mol. The highest BCUT2D eigenvalue weighted by Crippen LogP contribution is 2.39. The van der Waals surface area contributed by atoms with E-state index in [9.17, 15) is 14.0 Å². The first kappa shape index (κ1) is 17.2. The van der Waals surface area contributed by atoms with Gasteiger partial charge in [-0.05, 0) is 31.4 Å². The molecule has 0 aliphatic heterocycles. The van der Waals surface area contributed by atoms with Crippen molar-refractivity contribution in [2.45, 2.75) is 38.6 Å². The van der Waals surface area contributed by atoms with Crippen molar-refractivity contribution in [2.75, 3.05) is 5.32 Å². The van der Waals surface area contributed by atoms with Gasteiger partial charge in [-0.2, -0.15) is 5.10 Å². The molecule has 27 heavy (non-hydrogen) atoms. The number of carbonyl (C=O) groups is 1. The Kier molecular flexibility index (Phi) is 4.35. The van der Waals surface area contributed by atoms with E-state index in [0.29, 0.717) is 28.9 Å². The Bertz CT molecular complexity index is 1080. The number of fused-ring (bicyclic) bond motifs is 1. The molecular weight excluding hydrogens is 351 g/mol. The summed E-state index contributed by atoms with van der Waals surface area (Å²) in [5.74, 6) is -0.698. The summed E-state index contributed by atoms with van der Waals surface area (Å²) >= 11 is 0. The lowest BCUT2D eigenvalue weighted by atomic mass is 10.1. The SMILES string of the molecule is CCc1nn(CC(=O)Nc2ncc(F)cn2)c(=O)c2ccc(C3CC3)nc12. The number of nitrogens with zero attached hydrogens (tertiary/aromatic N) is 5. The van der Waals surface area contributed by atoms with Crippen LogP contribution in [0.2, 0.25) is 0 Å². The van der Waals surface area contributed by atoms with E-state index in [1.807, 2.05) is 13.0 Å². The smallest absolute Gasteiger partial charge is 0.276 e. The van der Waals surface area contributed by atoms with Crippen LogP contribution in [0.15, 0.2) is 29.3 Å². The van der Waals surface area contributed by atoms with Crippen LogP contribution < -0.4 is 10.9 Å². The van der Waals surface area contributed by atoms with Crippen LogP contribution in [0.25, 0.3) is 10.9 Å². The van der Waals surface area contributed by atoms with Crippen molar-refractivity contribution in [2.24, 2.45) is 0 Å². The quantitative estimate of drug-likeness (QED) is 0.737. The lowest BCUT2D eigenvalue weighted by molar-refractivity contribution is -0.117. The molecule has 1 aliphatic carbocycles. The second kappa shape index (κ2) is 6.82. The van der Waals surface area contributed by atoms with Crippen LogP contribution in [0.5, 0.6) is 0 Å². The number of pyridine rings is 1. The molecule has 1 amide bonds. The van der Waals surface area contributed by atoms with Gasteiger partial charge in [-0.25, -0.2) is 19.0 Å². The molecule has 0 unspecified atom stereocenters. The Labute approximate surface area is 153 Å². The number of halogens is 1. The highest BCUT2D eigenvalue weighted by molar-refractivity contribution is 5.89. The Hall–Kier alpha value is -3.23. The minimum atomic E-state index is -0.605. The van der Waals surface area contributed by atoms with Crippen molar-refractivity contribution >= 4 is 22.8 Å². The van der Waals surface area contributed by atoms with Crippen molar-refractivity contribution in [3.05, 3.63) is 52.1 Å². The Morgan fingerprint density at radius 3 is 2.70 bits per heavy atom.